The summed E-state index contributed by atoms with van der Waals surface area (Å²) in [6.45, 7) is 2.79. The number of benzene rings is 2. The van der Waals surface area contributed by atoms with Crippen LogP contribution in [0.25, 0.3) is 22.1 Å². The van der Waals surface area contributed by atoms with Crippen LogP contribution in [-0.4, -0.2) is 26.0 Å². The molecule has 0 unspecified atom stereocenters. The number of aromatic nitrogens is 4. The topological polar surface area (TPSA) is 68.0 Å². The van der Waals surface area contributed by atoms with Crippen molar-refractivity contribution in [3.05, 3.63) is 58.9 Å². The standard InChI is InChI=1S/C18H14ClFN6/c1-2-26-15-9-4-3-6-11(15)16-17(26)22-18(25-23-16)24-21-10-12-13(19)7-5-8-14(12)20/h3-10H,2H2,1H3,(H,22,24,25)/b21-10+. The van der Waals surface area contributed by atoms with E-state index < -0.39 is 5.82 Å². The van der Waals surface area contributed by atoms with Crippen LogP contribution < -0.4 is 5.43 Å². The van der Waals surface area contributed by atoms with E-state index in [0.29, 0.717) is 5.65 Å². The Labute approximate surface area is 153 Å². The lowest BCUT2D eigenvalue weighted by Crippen LogP contribution is -2.02. The van der Waals surface area contributed by atoms with E-state index in [1.54, 1.807) is 6.07 Å². The molecule has 0 spiro atoms. The fourth-order valence-corrected chi connectivity index (χ4v) is 3.07. The van der Waals surface area contributed by atoms with Crippen molar-refractivity contribution >= 4 is 45.8 Å². The summed E-state index contributed by atoms with van der Waals surface area (Å²) in [7, 11) is 0. The Kier molecular flexibility index (Phi) is 4.22. The number of halogens is 2. The van der Waals surface area contributed by atoms with Gasteiger partial charge in [-0.15, -0.1) is 10.2 Å². The van der Waals surface area contributed by atoms with Crippen LogP contribution in [0.15, 0.2) is 47.6 Å². The average molecular weight is 369 g/mol. The third-order valence-corrected chi connectivity index (χ3v) is 4.38. The summed E-state index contributed by atoms with van der Waals surface area (Å²) in [4.78, 5) is 4.50. The number of para-hydroxylation sites is 1. The van der Waals surface area contributed by atoms with Crippen molar-refractivity contribution in [2.75, 3.05) is 5.43 Å². The number of hydrazone groups is 1. The first-order chi connectivity index (χ1) is 12.7. The van der Waals surface area contributed by atoms with E-state index in [-0.39, 0.29) is 16.5 Å². The molecule has 26 heavy (non-hydrogen) atoms. The van der Waals surface area contributed by atoms with Gasteiger partial charge in [0.1, 0.15) is 11.3 Å². The zero-order valence-corrected chi connectivity index (χ0v) is 14.6. The molecule has 0 radical (unpaired) electrons. The second-order valence-corrected chi connectivity index (χ2v) is 5.98. The number of hydrogen-bond acceptors (Lipinski definition) is 5. The van der Waals surface area contributed by atoms with Gasteiger partial charge in [-0.2, -0.15) is 10.1 Å². The van der Waals surface area contributed by atoms with E-state index in [0.717, 1.165) is 23.0 Å². The maximum atomic E-state index is 13.8. The van der Waals surface area contributed by atoms with E-state index in [9.17, 15) is 4.39 Å². The van der Waals surface area contributed by atoms with Crippen LogP contribution in [0.5, 0.6) is 0 Å². The molecule has 4 aromatic rings. The third kappa shape index (κ3) is 2.76. The Bertz CT molecular complexity index is 1120. The maximum absolute atomic E-state index is 13.8. The van der Waals surface area contributed by atoms with Crippen molar-refractivity contribution in [3.63, 3.8) is 0 Å². The number of hydrogen-bond donors (Lipinski definition) is 1. The Balaban J connectivity index is 1.70. The summed E-state index contributed by atoms with van der Waals surface area (Å²) in [5.41, 5.74) is 5.37. The summed E-state index contributed by atoms with van der Waals surface area (Å²) in [6, 6.07) is 12.4. The molecule has 0 saturated heterocycles. The van der Waals surface area contributed by atoms with Gasteiger partial charge in [-0.25, -0.2) is 9.82 Å². The van der Waals surface area contributed by atoms with Gasteiger partial charge in [-0.05, 0) is 25.1 Å². The molecule has 1 N–H and O–H groups in total. The molecule has 2 aromatic heterocycles. The van der Waals surface area contributed by atoms with Crippen LogP contribution >= 0.6 is 11.6 Å². The molecule has 0 amide bonds. The first kappa shape index (κ1) is 16.4. The van der Waals surface area contributed by atoms with Crippen molar-refractivity contribution in [2.24, 2.45) is 5.10 Å². The van der Waals surface area contributed by atoms with Gasteiger partial charge in [0, 0.05) is 17.5 Å². The predicted octanol–water partition coefficient (Wildman–Crippen LogP) is 4.24. The molecule has 2 aromatic carbocycles. The molecule has 6 nitrogen and oxygen atoms in total. The highest BCUT2D eigenvalue weighted by molar-refractivity contribution is 6.33. The molecule has 2 heterocycles. The molecule has 0 saturated carbocycles. The minimum Gasteiger partial charge on any atom is -0.324 e. The molecule has 0 atom stereocenters. The second-order valence-electron chi connectivity index (χ2n) is 5.57. The number of fused-ring (bicyclic) bond motifs is 3. The molecular weight excluding hydrogens is 355 g/mol. The smallest absolute Gasteiger partial charge is 0.265 e. The maximum Gasteiger partial charge on any atom is 0.265 e. The minimum absolute atomic E-state index is 0.193. The van der Waals surface area contributed by atoms with Gasteiger partial charge < -0.3 is 4.57 Å². The number of rotatable bonds is 4. The highest BCUT2D eigenvalue weighted by Gasteiger charge is 2.13. The molecule has 0 bridgehead atoms. The summed E-state index contributed by atoms with van der Waals surface area (Å²) >= 11 is 5.97. The Hall–Kier alpha value is -3.06. The van der Waals surface area contributed by atoms with Crippen LogP contribution in [0, 0.1) is 5.82 Å². The van der Waals surface area contributed by atoms with Crippen LogP contribution in [0.3, 0.4) is 0 Å². The lowest BCUT2D eigenvalue weighted by Gasteiger charge is -2.03. The van der Waals surface area contributed by atoms with Crippen molar-refractivity contribution in [1.29, 1.82) is 0 Å². The van der Waals surface area contributed by atoms with E-state index in [1.807, 2.05) is 31.2 Å². The van der Waals surface area contributed by atoms with Crippen LogP contribution in [0.1, 0.15) is 12.5 Å². The van der Waals surface area contributed by atoms with Crippen LogP contribution in [0.2, 0.25) is 5.02 Å². The minimum atomic E-state index is -0.455. The van der Waals surface area contributed by atoms with E-state index in [2.05, 4.69) is 30.3 Å². The summed E-state index contributed by atoms with van der Waals surface area (Å²) in [6.07, 6.45) is 1.29. The quantitative estimate of drug-likeness (QED) is 0.432. The Morgan fingerprint density at radius 1 is 1.19 bits per heavy atom. The zero-order chi connectivity index (χ0) is 18.1. The predicted molar refractivity (Wildman–Crippen MR) is 101 cm³/mol. The van der Waals surface area contributed by atoms with Gasteiger partial charge >= 0.3 is 0 Å². The molecular formula is C18H14ClFN6. The van der Waals surface area contributed by atoms with Gasteiger partial charge in [0.25, 0.3) is 5.95 Å². The summed E-state index contributed by atoms with van der Waals surface area (Å²) in [5, 5.41) is 13.6. The molecule has 0 fully saturated rings. The highest BCUT2D eigenvalue weighted by Crippen LogP contribution is 2.26. The fourth-order valence-electron chi connectivity index (χ4n) is 2.86. The largest absolute Gasteiger partial charge is 0.324 e. The van der Waals surface area contributed by atoms with Gasteiger partial charge in [0.15, 0.2) is 5.65 Å². The van der Waals surface area contributed by atoms with Crippen molar-refractivity contribution in [2.45, 2.75) is 13.5 Å². The monoisotopic (exact) mass is 368 g/mol. The number of anilines is 1. The van der Waals surface area contributed by atoms with E-state index >= 15 is 0 Å². The second kappa shape index (κ2) is 6.68. The van der Waals surface area contributed by atoms with Gasteiger partial charge in [0.05, 0.1) is 16.8 Å². The van der Waals surface area contributed by atoms with Gasteiger partial charge in [-0.3, -0.25) is 0 Å². The number of aryl methyl sites for hydroxylation is 1. The lowest BCUT2D eigenvalue weighted by atomic mass is 10.2. The molecule has 0 aliphatic rings. The Morgan fingerprint density at radius 2 is 2.04 bits per heavy atom. The first-order valence-electron chi connectivity index (χ1n) is 8.03. The van der Waals surface area contributed by atoms with E-state index in [1.165, 1.54) is 18.3 Å². The summed E-state index contributed by atoms with van der Waals surface area (Å²) < 4.78 is 15.8. The van der Waals surface area contributed by atoms with Gasteiger partial charge in [0.2, 0.25) is 0 Å². The molecule has 0 aliphatic heterocycles. The van der Waals surface area contributed by atoms with Crippen LogP contribution in [-0.2, 0) is 6.54 Å². The fraction of sp³-hybridized carbons (Fsp3) is 0.111. The number of nitrogens with zero attached hydrogens (tertiary/aromatic N) is 5. The molecule has 130 valence electrons. The zero-order valence-electron chi connectivity index (χ0n) is 13.8. The highest BCUT2D eigenvalue weighted by atomic mass is 35.5. The van der Waals surface area contributed by atoms with E-state index in [4.69, 9.17) is 11.6 Å². The lowest BCUT2D eigenvalue weighted by molar-refractivity contribution is 0.626. The molecule has 8 heteroatoms. The van der Waals surface area contributed by atoms with Crippen molar-refractivity contribution in [3.8, 4) is 0 Å². The van der Waals surface area contributed by atoms with Crippen LogP contribution in [0.4, 0.5) is 10.3 Å². The normalized spacial score (nSPS) is 11.7. The average Bonchev–Trinajstić information content (AvgIpc) is 2.97. The summed E-state index contributed by atoms with van der Waals surface area (Å²) in [5.74, 6) is -0.234. The molecule has 0 aliphatic carbocycles. The van der Waals surface area contributed by atoms with Crippen molar-refractivity contribution < 1.29 is 4.39 Å². The number of nitrogens with one attached hydrogen (secondary N) is 1. The third-order valence-electron chi connectivity index (χ3n) is 4.05. The van der Waals surface area contributed by atoms with Gasteiger partial charge in [-0.1, -0.05) is 35.9 Å². The Morgan fingerprint density at radius 3 is 2.85 bits per heavy atom. The SMILES string of the molecule is CCn1c2ccccc2c2nnc(N/N=C/c3c(F)cccc3Cl)nc21. The van der Waals surface area contributed by atoms with Crippen molar-refractivity contribution in [1.82, 2.24) is 19.7 Å². The molecule has 4 rings (SSSR count). The first-order valence-corrected chi connectivity index (χ1v) is 8.41.